The standard InChI is InChI=1S/C15H4F18N2O/c16-10(17,18)7(11(19,20)21)34-4-1-2-6(35-8(12(22,23)24)13(25,26)27)5(3-4)9(36,14(28,29)30)15(31,32)33/h1-3,36H. The van der Waals surface area contributed by atoms with Gasteiger partial charge in [-0.15, -0.1) is 0 Å². The Morgan fingerprint density at radius 3 is 1.17 bits per heavy atom. The molecule has 21 heteroatoms. The van der Waals surface area contributed by atoms with E-state index >= 15 is 0 Å². The smallest absolute Gasteiger partial charge is 0.369 e. The number of halogens is 18. The fourth-order valence-corrected chi connectivity index (χ4v) is 2.27. The number of hydrogen-bond acceptors (Lipinski definition) is 3. The first-order valence-electron chi connectivity index (χ1n) is 8.01. The molecular formula is C15H4F18N2O. The molecule has 0 aromatic heterocycles. The van der Waals surface area contributed by atoms with Crippen LogP contribution in [0.2, 0.25) is 0 Å². The largest absolute Gasteiger partial charge is 0.438 e. The maximum absolute atomic E-state index is 13.2. The minimum absolute atomic E-state index is 0.405. The average molecular weight is 570 g/mol. The third kappa shape index (κ3) is 6.52. The number of nitrogens with zero attached hydrogens (tertiary/aromatic N) is 2. The van der Waals surface area contributed by atoms with Crippen molar-refractivity contribution < 1.29 is 84.1 Å². The summed E-state index contributed by atoms with van der Waals surface area (Å²) < 4.78 is 231. The van der Waals surface area contributed by atoms with Crippen molar-refractivity contribution >= 4 is 22.8 Å². The van der Waals surface area contributed by atoms with Crippen molar-refractivity contribution in [3.8, 4) is 0 Å². The first-order valence-corrected chi connectivity index (χ1v) is 8.01. The fourth-order valence-electron chi connectivity index (χ4n) is 2.27. The van der Waals surface area contributed by atoms with Gasteiger partial charge >= 0.3 is 37.1 Å². The van der Waals surface area contributed by atoms with Gasteiger partial charge in [0.05, 0.1) is 11.4 Å². The van der Waals surface area contributed by atoms with Gasteiger partial charge in [0.25, 0.3) is 5.60 Å². The highest BCUT2D eigenvalue weighted by molar-refractivity contribution is 5.97. The molecule has 0 fully saturated rings. The molecule has 0 saturated carbocycles. The van der Waals surface area contributed by atoms with Gasteiger partial charge in [-0.25, -0.2) is 9.98 Å². The topological polar surface area (TPSA) is 45.0 Å². The van der Waals surface area contributed by atoms with Crippen LogP contribution in [0.3, 0.4) is 0 Å². The van der Waals surface area contributed by atoms with Gasteiger partial charge < -0.3 is 5.11 Å². The van der Waals surface area contributed by atoms with E-state index in [0.717, 1.165) is 0 Å². The van der Waals surface area contributed by atoms with Gasteiger partial charge in [-0.05, 0) is 18.2 Å². The Hall–Kier alpha value is -2.74. The molecule has 0 aliphatic heterocycles. The summed E-state index contributed by atoms with van der Waals surface area (Å²) in [5, 5.41) is 9.36. The quantitative estimate of drug-likeness (QED) is 0.299. The zero-order valence-electron chi connectivity index (χ0n) is 15.9. The van der Waals surface area contributed by atoms with Crippen LogP contribution in [0.1, 0.15) is 5.56 Å². The molecule has 0 heterocycles. The normalized spacial score (nSPS) is 14.5. The Morgan fingerprint density at radius 2 is 0.861 bits per heavy atom. The molecule has 1 aromatic rings. The molecule has 1 aromatic carbocycles. The van der Waals surface area contributed by atoms with E-state index in [2.05, 4.69) is 0 Å². The second-order valence-corrected chi connectivity index (χ2v) is 6.32. The minimum Gasteiger partial charge on any atom is -0.369 e. The first-order chi connectivity index (χ1) is 15.5. The molecule has 0 aliphatic carbocycles. The molecule has 0 bridgehead atoms. The number of benzene rings is 1. The summed E-state index contributed by atoms with van der Waals surface area (Å²) in [7, 11) is 0. The van der Waals surface area contributed by atoms with Crippen LogP contribution in [-0.2, 0) is 5.60 Å². The van der Waals surface area contributed by atoms with Crippen LogP contribution in [-0.4, -0.2) is 53.6 Å². The zero-order valence-corrected chi connectivity index (χ0v) is 15.9. The van der Waals surface area contributed by atoms with Gasteiger partial charge in [-0.1, -0.05) is 0 Å². The third-order valence-corrected chi connectivity index (χ3v) is 3.74. The maximum Gasteiger partial charge on any atom is 0.438 e. The van der Waals surface area contributed by atoms with Gasteiger partial charge in [0.2, 0.25) is 11.4 Å². The van der Waals surface area contributed by atoms with E-state index in [4.69, 9.17) is 0 Å². The van der Waals surface area contributed by atoms with Crippen molar-refractivity contribution in [3.05, 3.63) is 23.8 Å². The number of alkyl halides is 18. The lowest BCUT2D eigenvalue weighted by atomic mass is 9.90. The average Bonchev–Trinajstić information content (AvgIpc) is 2.58. The Balaban J connectivity index is 4.27. The lowest BCUT2D eigenvalue weighted by molar-refractivity contribution is -0.376. The fraction of sp³-hybridized carbons (Fsp3) is 0.467. The van der Waals surface area contributed by atoms with Crippen molar-refractivity contribution in [3.63, 3.8) is 0 Å². The molecule has 0 atom stereocenters. The molecule has 3 nitrogen and oxygen atoms in total. The van der Waals surface area contributed by atoms with E-state index in [9.17, 15) is 84.1 Å². The molecule has 0 unspecified atom stereocenters. The molecule has 206 valence electrons. The number of aliphatic hydroxyl groups is 1. The van der Waals surface area contributed by atoms with E-state index < -0.39 is 89.2 Å². The van der Waals surface area contributed by atoms with E-state index in [1.165, 1.54) is 0 Å². The summed E-state index contributed by atoms with van der Waals surface area (Å²) in [6.07, 6.45) is -40.2. The van der Waals surface area contributed by atoms with Crippen molar-refractivity contribution in [2.75, 3.05) is 0 Å². The highest BCUT2D eigenvalue weighted by Gasteiger charge is 2.72. The summed E-state index contributed by atoms with van der Waals surface area (Å²) in [4.78, 5) is 3.41. The van der Waals surface area contributed by atoms with Gasteiger partial charge in [0.15, 0.2) is 0 Å². The first kappa shape index (κ1) is 31.3. The zero-order chi connectivity index (χ0) is 28.9. The monoisotopic (exact) mass is 570 g/mol. The van der Waals surface area contributed by atoms with Gasteiger partial charge in [0.1, 0.15) is 0 Å². The van der Waals surface area contributed by atoms with Crippen molar-refractivity contribution in [1.82, 2.24) is 0 Å². The second kappa shape index (κ2) is 8.98. The van der Waals surface area contributed by atoms with Crippen molar-refractivity contribution in [2.45, 2.75) is 42.7 Å². The van der Waals surface area contributed by atoms with Crippen molar-refractivity contribution in [1.29, 1.82) is 0 Å². The van der Waals surface area contributed by atoms with E-state index in [-0.39, 0.29) is 0 Å². The van der Waals surface area contributed by atoms with Crippen LogP contribution in [0.4, 0.5) is 90.4 Å². The highest BCUT2D eigenvalue weighted by atomic mass is 19.4. The maximum atomic E-state index is 13.2. The molecule has 0 radical (unpaired) electrons. The Morgan fingerprint density at radius 1 is 0.528 bits per heavy atom. The number of aliphatic imine (C=N–C) groups is 2. The van der Waals surface area contributed by atoms with Crippen LogP contribution in [0.15, 0.2) is 28.2 Å². The van der Waals surface area contributed by atoms with Crippen LogP contribution < -0.4 is 0 Å². The Bertz CT molecular complexity index is 970. The van der Waals surface area contributed by atoms with Gasteiger partial charge in [-0.3, -0.25) is 0 Å². The summed E-state index contributed by atoms with van der Waals surface area (Å²) in [6, 6.07) is -2.16. The lowest BCUT2D eigenvalue weighted by Gasteiger charge is -2.33. The summed E-state index contributed by atoms with van der Waals surface area (Å²) in [6.45, 7) is 0. The highest BCUT2D eigenvalue weighted by Crippen LogP contribution is 2.53. The van der Waals surface area contributed by atoms with E-state index in [1.54, 1.807) is 9.98 Å². The molecule has 1 N–H and O–H groups in total. The summed E-state index contributed by atoms with van der Waals surface area (Å²) in [5.41, 5.74) is -22.1. The molecule has 0 spiro atoms. The SMILES string of the molecule is OC(c1cc(N=C(C(F)(F)F)C(F)(F)F)ccc1N=C(C(F)(F)F)C(F)(F)F)(C(F)(F)F)C(F)(F)F. The predicted octanol–water partition coefficient (Wildman–Crippen LogP) is 7.39. The predicted molar refractivity (Wildman–Crippen MR) is 80.9 cm³/mol. The summed E-state index contributed by atoms with van der Waals surface area (Å²) >= 11 is 0. The van der Waals surface area contributed by atoms with Crippen LogP contribution >= 0.6 is 0 Å². The number of rotatable bonds is 3. The number of hydrogen-bond donors (Lipinski definition) is 1. The second-order valence-electron chi connectivity index (χ2n) is 6.32. The Kier molecular flexibility index (Phi) is 7.80. The van der Waals surface area contributed by atoms with E-state index in [1.807, 2.05) is 0 Å². The van der Waals surface area contributed by atoms with E-state index in [0.29, 0.717) is 0 Å². The molecule has 36 heavy (non-hydrogen) atoms. The van der Waals surface area contributed by atoms with Crippen LogP contribution in [0.5, 0.6) is 0 Å². The summed E-state index contributed by atoms with van der Waals surface area (Å²) in [5.74, 6) is 0. The minimum atomic E-state index is -7.06. The van der Waals surface area contributed by atoms with Gasteiger partial charge in [0, 0.05) is 5.56 Å². The van der Waals surface area contributed by atoms with Gasteiger partial charge in [-0.2, -0.15) is 79.0 Å². The molecule has 0 aliphatic rings. The Labute approximate surface area is 184 Å². The molecule has 0 amide bonds. The molecular weight excluding hydrogens is 566 g/mol. The lowest BCUT2D eigenvalue weighted by Crippen LogP contribution is -2.54. The third-order valence-electron chi connectivity index (χ3n) is 3.74. The molecule has 1 rings (SSSR count). The van der Waals surface area contributed by atoms with Crippen molar-refractivity contribution in [2.24, 2.45) is 9.98 Å². The molecule has 0 saturated heterocycles. The van der Waals surface area contributed by atoms with Crippen LogP contribution in [0.25, 0.3) is 0 Å². The van der Waals surface area contributed by atoms with Crippen LogP contribution in [0, 0.1) is 0 Å².